The van der Waals surface area contributed by atoms with E-state index in [-0.39, 0.29) is 23.9 Å². The number of anilines is 1. The molecule has 2 heterocycles. The van der Waals surface area contributed by atoms with Crippen LogP contribution in [0.2, 0.25) is 0 Å². The number of amides is 2. The van der Waals surface area contributed by atoms with Gasteiger partial charge in [0.2, 0.25) is 5.91 Å². The number of rotatable bonds is 5. The van der Waals surface area contributed by atoms with Crippen LogP contribution >= 0.6 is 0 Å². The smallest absolute Gasteiger partial charge is 0.335 e. The summed E-state index contributed by atoms with van der Waals surface area (Å²) >= 11 is 0. The monoisotopic (exact) mass is 428 g/mol. The largest absolute Gasteiger partial charge is 0.478 e. The maximum atomic E-state index is 13.4. The quantitative estimate of drug-likeness (QED) is 0.627. The molecule has 7 nitrogen and oxygen atoms in total. The van der Waals surface area contributed by atoms with Gasteiger partial charge in [0.25, 0.3) is 5.91 Å². The highest BCUT2D eigenvalue weighted by molar-refractivity contribution is 6.07. The molecule has 0 aliphatic carbocycles. The van der Waals surface area contributed by atoms with Crippen LogP contribution in [0, 0.1) is 5.92 Å². The minimum atomic E-state index is -1.03. The first-order chi connectivity index (χ1) is 15.5. The molecule has 0 saturated carbocycles. The summed E-state index contributed by atoms with van der Waals surface area (Å²) in [6.45, 7) is 0.185. The Balaban J connectivity index is 1.52. The molecule has 5 rings (SSSR count). The number of carboxylic acid groups (broad SMARTS) is 1. The highest BCUT2D eigenvalue weighted by Gasteiger charge is 2.59. The van der Waals surface area contributed by atoms with Gasteiger partial charge in [-0.05, 0) is 35.4 Å². The second-order valence-corrected chi connectivity index (χ2v) is 7.83. The third-order valence-electron chi connectivity index (χ3n) is 5.90. The summed E-state index contributed by atoms with van der Waals surface area (Å²) < 4.78 is 0. The zero-order valence-corrected chi connectivity index (χ0v) is 17.0. The number of carbonyl (C=O) groups is 3. The number of aromatic carboxylic acids is 1. The number of hydrogen-bond acceptors (Lipinski definition) is 5. The van der Waals surface area contributed by atoms with Gasteiger partial charge in [-0.1, -0.05) is 60.7 Å². The van der Waals surface area contributed by atoms with E-state index in [1.54, 1.807) is 17.2 Å². The van der Waals surface area contributed by atoms with E-state index in [0.717, 1.165) is 5.56 Å². The van der Waals surface area contributed by atoms with E-state index >= 15 is 0 Å². The van der Waals surface area contributed by atoms with Crippen LogP contribution < -0.4 is 5.06 Å². The normalized spacial score (nSPS) is 22.3. The Morgan fingerprint density at radius 1 is 0.844 bits per heavy atom. The van der Waals surface area contributed by atoms with E-state index in [1.165, 1.54) is 17.0 Å². The van der Waals surface area contributed by atoms with E-state index in [2.05, 4.69) is 0 Å². The maximum Gasteiger partial charge on any atom is 0.335 e. The van der Waals surface area contributed by atoms with Gasteiger partial charge in [-0.2, -0.15) is 0 Å². The van der Waals surface area contributed by atoms with Gasteiger partial charge in [-0.15, -0.1) is 0 Å². The summed E-state index contributed by atoms with van der Waals surface area (Å²) in [7, 11) is 0. The Kier molecular flexibility index (Phi) is 4.95. The lowest BCUT2D eigenvalue weighted by Gasteiger charge is -2.28. The predicted octanol–water partition coefficient (Wildman–Crippen LogP) is 3.43. The second kappa shape index (κ2) is 7.94. The standard InChI is InChI=1S/C25H20N2O5/c28-23-20-21(17-11-13-18(14-12-17)25(30)31)27(19-9-5-2-6-10-19)32-22(20)24(29)26(23)15-16-7-3-1-4-8-16/h1-14,20-22H,15H2,(H,30,31). The molecular formula is C25H20N2O5. The lowest BCUT2D eigenvalue weighted by atomic mass is 9.90. The molecule has 1 N–H and O–H groups in total. The fraction of sp³-hybridized carbons (Fsp3) is 0.160. The van der Waals surface area contributed by atoms with Crippen molar-refractivity contribution < 1.29 is 24.3 Å². The SMILES string of the molecule is O=C(O)c1ccc(C2C3C(=O)N(Cc4ccccc4)C(=O)C3ON2c2ccccc2)cc1. The minimum absolute atomic E-state index is 0.148. The van der Waals surface area contributed by atoms with E-state index in [9.17, 15) is 19.5 Å². The van der Waals surface area contributed by atoms with Crippen molar-refractivity contribution in [1.82, 2.24) is 4.90 Å². The molecule has 3 atom stereocenters. The molecule has 0 aromatic heterocycles. The molecule has 0 spiro atoms. The molecule has 2 aliphatic rings. The van der Waals surface area contributed by atoms with Gasteiger partial charge in [0.1, 0.15) is 5.92 Å². The number of fused-ring (bicyclic) bond motifs is 1. The Hall–Kier alpha value is -3.97. The number of likely N-dealkylation sites (tertiary alicyclic amines) is 1. The van der Waals surface area contributed by atoms with E-state index in [0.29, 0.717) is 11.3 Å². The molecule has 32 heavy (non-hydrogen) atoms. The van der Waals surface area contributed by atoms with Crippen molar-refractivity contribution >= 4 is 23.5 Å². The van der Waals surface area contributed by atoms with Crippen molar-refractivity contribution in [3.05, 3.63) is 102 Å². The molecule has 3 unspecified atom stereocenters. The number of nitrogens with zero attached hydrogens (tertiary/aromatic N) is 2. The molecule has 2 fully saturated rings. The van der Waals surface area contributed by atoms with Gasteiger partial charge in [-0.3, -0.25) is 19.3 Å². The minimum Gasteiger partial charge on any atom is -0.478 e. The van der Waals surface area contributed by atoms with Crippen LogP contribution in [0.15, 0.2) is 84.9 Å². The van der Waals surface area contributed by atoms with Crippen LogP contribution in [0.4, 0.5) is 5.69 Å². The van der Waals surface area contributed by atoms with Crippen molar-refractivity contribution in [3.8, 4) is 0 Å². The average Bonchev–Trinajstić information content (AvgIpc) is 3.32. The average molecular weight is 428 g/mol. The van der Waals surface area contributed by atoms with Crippen LogP contribution in [0.5, 0.6) is 0 Å². The molecule has 3 aromatic rings. The van der Waals surface area contributed by atoms with Gasteiger partial charge in [0, 0.05) is 0 Å². The van der Waals surface area contributed by atoms with Crippen LogP contribution in [0.25, 0.3) is 0 Å². The van der Waals surface area contributed by atoms with Gasteiger partial charge >= 0.3 is 5.97 Å². The molecule has 160 valence electrons. The molecule has 0 bridgehead atoms. The van der Waals surface area contributed by atoms with Crippen LogP contribution in [0.1, 0.15) is 27.5 Å². The maximum absolute atomic E-state index is 13.4. The van der Waals surface area contributed by atoms with E-state index in [1.807, 2.05) is 60.7 Å². The third-order valence-corrected chi connectivity index (χ3v) is 5.90. The van der Waals surface area contributed by atoms with Crippen LogP contribution in [-0.2, 0) is 21.0 Å². The van der Waals surface area contributed by atoms with Crippen molar-refractivity contribution in [3.63, 3.8) is 0 Å². The van der Waals surface area contributed by atoms with Gasteiger partial charge in [0.15, 0.2) is 6.10 Å². The van der Waals surface area contributed by atoms with Crippen LogP contribution in [0.3, 0.4) is 0 Å². The molecule has 7 heteroatoms. The summed E-state index contributed by atoms with van der Waals surface area (Å²) in [5, 5.41) is 10.8. The van der Waals surface area contributed by atoms with E-state index in [4.69, 9.17) is 4.84 Å². The van der Waals surface area contributed by atoms with Crippen LogP contribution in [-0.4, -0.2) is 33.9 Å². The van der Waals surface area contributed by atoms with Crippen molar-refractivity contribution in [2.75, 3.05) is 5.06 Å². The predicted molar refractivity (Wildman–Crippen MR) is 115 cm³/mol. The Morgan fingerprint density at radius 2 is 1.47 bits per heavy atom. The Bertz CT molecular complexity index is 1160. The van der Waals surface area contributed by atoms with E-state index < -0.39 is 24.0 Å². The van der Waals surface area contributed by atoms with Crippen molar-refractivity contribution in [2.45, 2.75) is 18.7 Å². The number of hydroxylamine groups is 1. The Morgan fingerprint density at radius 3 is 2.09 bits per heavy atom. The van der Waals surface area contributed by atoms with Crippen molar-refractivity contribution in [2.24, 2.45) is 5.92 Å². The lowest BCUT2D eigenvalue weighted by Crippen LogP contribution is -2.36. The Labute approximate surface area is 184 Å². The number of hydrogen-bond donors (Lipinski definition) is 1. The fourth-order valence-corrected chi connectivity index (χ4v) is 4.35. The molecule has 3 aromatic carbocycles. The first-order valence-electron chi connectivity index (χ1n) is 10.3. The topological polar surface area (TPSA) is 87.2 Å². The molecule has 2 saturated heterocycles. The fourth-order valence-electron chi connectivity index (χ4n) is 4.35. The number of carbonyl (C=O) groups excluding carboxylic acids is 2. The van der Waals surface area contributed by atoms with Gasteiger partial charge in [0.05, 0.1) is 23.8 Å². The summed E-state index contributed by atoms with van der Waals surface area (Å²) in [5.74, 6) is -2.43. The molecule has 2 amide bonds. The zero-order chi connectivity index (χ0) is 22.2. The van der Waals surface area contributed by atoms with Gasteiger partial charge < -0.3 is 5.11 Å². The number of para-hydroxylation sites is 1. The van der Waals surface area contributed by atoms with Gasteiger partial charge in [-0.25, -0.2) is 9.86 Å². The first kappa shape index (κ1) is 20.0. The summed E-state index contributed by atoms with van der Waals surface area (Å²) in [6.07, 6.45) is -0.935. The molecule has 2 aliphatic heterocycles. The number of carboxylic acids is 1. The highest BCUT2D eigenvalue weighted by atomic mass is 16.7. The summed E-state index contributed by atoms with van der Waals surface area (Å²) in [5.41, 5.74) is 2.42. The number of benzene rings is 3. The summed E-state index contributed by atoms with van der Waals surface area (Å²) in [4.78, 5) is 45.2. The zero-order valence-electron chi connectivity index (χ0n) is 17.0. The summed E-state index contributed by atoms with van der Waals surface area (Å²) in [6, 6.07) is 24.4. The third kappa shape index (κ3) is 3.33. The lowest BCUT2D eigenvalue weighted by molar-refractivity contribution is -0.143. The second-order valence-electron chi connectivity index (χ2n) is 7.83. The highest BCUT2D eigenvalue weighted by Crippen LogP contribution is 2.46. The molecular weight excluding hydrogens is 408 g/mol. The number of imide groups is 1. The molecule has 0 radical (unpaired) electrons. The first-order valence-corrected chi connectivity index (χ1v) is 10.3. The van der Waals surface area contributed by atoms with Crippen molar-refractivity contribution in [1.29, 1.82) is 0 Å².